The van der Waals surface area contributed by atoms with E-state index in [1.165, 1.54) is 6.07 Å². The van der Waals surface area contributed by atoms with Crippen molar-refractivity contribution < 1.29 is 22.8 Å². The van der Waals surface area contributed by atoms with Gasteiger partial charge in [0.25, 0.3) is 5.91 Å². The third-order valence-electron chi connectivity index (χ3n) is 3.82. The second-order valence-electron chi connectivity index (χ2n) is 6.24. The fraction of sp³-hybridized carbons (Fsp3) is 0.263. The molecule has 0 bridgehead atoms. The molecule has 8 heteroatoms. The van der Waals surface area contributed by atoms with E-state index in [1.807, 2.05) is 22.6 Å². The van der Waals surface area contributed by atoms with Crippen molar-refractivity contribution in [2.45, 2.75) is 26.1 Å². The molecule has 0 spiro atoms. The van der Waals surface area contributed by atoms with Crippen LogP contribution in [-0.4, -0.2) is 17.9 Å². The lowest BCUT2D eigenvalue weighted by molar-refractivity contribution is -0.137. The Bertz CT molecular complexity index is 823. The highest BCUT2D eigenvalue weighted by Gasteiger charge is 2.31. The summed E-state index contributed by atoms with van der Waals surface area (Å²) < 4.78 is 39.2. The number of halogens is 4. The van der Waals surface area contributed by atoms with Crippen molar-refractivity contribution in [1.82, 2.24) is 5.32 Å². The van der Waals surface area contributed by atoms with Gasteiger partial charge in [0, 0.05) is 9.13 Å². The van der Waals surface area contributed by atoms with Crippen LogP contribution < -0.4 is 10.6 Å². The van der Waals surface area contributed by atoms with E-state index >= 15 is 0 Å². The fourth-order valence-corrected chi connectivity index (χ4v) is 2.83. The van der Waals surface area contributed by atoms with Crippen molar-refractivity contribution in [3.05, 3.63) is 63.2 Å². The number of carbonyl (C=O) groups is 2. The van der Waals surface area contributed by atoms with Crippen LogP contribution in [0.2, 0.25) is 0 Å². The highest BCUT2D eigenvalue weighted by Crippen LogP contribution is 2.32. The number of hydrogen-bond donors (Lipinski definition) is 2. The molecule has 0 aromatic heterocycles. The summed E-state index contributed by atoms with van der Waals surface area (Å²) in [5.41, 5.74) is -0.410. The van der Waals surface area contributed by atoms with Crippen molar-refractivity contribution in [3.8, 4) is 0 Å². The highest BCUT2D eigenvalue weighted by molar-refractivity contribution is 14.1. The van der Waals surface area contributed by atoms with Gasteiger partial charge < -0.3 is 10.6 Å². The van der Waals surface area contributed by atoms with Crippen molar-refractivity contribution in [2.75, 3.05) is 5.32 Å². The minimum Gasteiger partial charge on any atom is -0.340 e. The zero-order valence-electron chi connectivity index (χ0n) is 14.6. The van der Waals surface area contributed by atoms with Crippen LogP contribution in [0, 0.1) is 9.49 Å². The Morgan fingerprint density at radius 3 is 2.22 bits per heavy atom. The van der Waals surface area contributed by atoms with Crippen LogP contribution in [0.3, 0.4) is 0 Å². The van der Waals surface area contributed by atoms with Gasteiger partial charge in [-0.3, -0.25) is 9.59 Å². The average Bonchev–Trinajstić information content (AvgIpc) is 2.60. The summed E-state index contributed by atoms with van der Waals surface area (Å²) in [6.45, 7) is 3.49. The molecule has 2 amide bonds. The summed E-state index contributed by atoms with van der Waals surface area (Å²) in [6.07, 6.45) is -4.51. The Morgan fingerprint density at radius 1 is 1.04 bits per heavy atom. The number of hydrogen-bond acceptors (Lipinski definition) is 2. The van der Waals surface area contributed by atoms with E-state index in [-0.39, 0.29) is 11.6 Å². The maximum absolute atomic E-state index is 12.9. The van der Waals surface area contributed by atoms with E-state index in [2.05, 4.69) is 10.6 Å². The SMILES string of the molecule is CC(C)C(NC(=O)c1ccccc1)C(=O)Nc1cc(C(F)(F)F)ccc1I. The van der Waals surface area contributed by atoms with Crippen LogP contribution >= 0.6 is 22.6 Å². The van der Waals surface area contributed by atoms with Crippen LogP contribution in [0.4, 0.5) is 18.9 Å². The molecular weight excluding hydrogens is 472 g/mol. The molecule has 1 atom stereocenters. The Morgan fingerprint density at radius 2 is 1.67 bits per heavy atom. The van der Waals surface area contributed by atoms with Gasteiger partial charge in [-0.1, -0.05) is 32.0 Å². The summed E-state index contributed by atoms with van der Waals surface area (Å²) in [6, 6.07) is 10.6. The Hall–Kier alpha value is -2.10. The van der Waals surface area contributed by atoms with Crippen molar-refractivity contribution in [1.29, 1.82) is 0 Å². The second-order valence-corrected chi connectivity index (χ2v) is 7.41. The van der Waals surface area contributed by atoms with E-state index in [0.717, 1.165) is 12.1 Å². The summed E-state index contributed by atoms with van der Waals surface area (Å²) in [5, 5.41) is 5.14. The van der Waals surface area contributed by atoms with Gasteiger partial charge in [-0.15, -0.1) is 0 Å². The molecule has 0 fully saturated rings. The topological polar surface area (TPSA) is 58.2 Å². The lowest BCUT2D eigenvalue weighted by Crippen LogP contribution is -2.47. The van der Waals surface area contributed by atoms with E-state index in [9.17, 15) is 22.8 Å². The Labute approximate surface area is 168 Å². The third-order valence-corrected chi connectivity index (χ3v) is 4.76. The van der Waals surface area contributed by atoms with Gasteiger partial charge in [0.05, 0.1) is 11.3 Å². The number of benzene rings is 2. The maximum atomic E-state index is 12.9. The van der Waals surface area contributed by atoms with Gasteiger partial charge in [0.15, 0.2) is 0 Å². The Balaban J connectivity index is 2.19. The van der Waals surface area contributed by atoms with Crippen LogP contribution in [-0.2, 0) is 11.0 Å². The minimum atomic E-state index is -4.51. The number of anilines is 1. The number of carbonyl (C=O) groups excluding carboxylic acids is 2. The molecule has 27 heavy (non-hydrogen) atoms. The van der Waals surface area contributed by atoms with Gasteiger partial charge in [0.1, 0.15) is 6.04 Å². The van der Waals surface area contributed by atoms with Gasteiger partial charge in [-0.2, -0.15) is 13.2 Å². The Kier molecular flexibility index (Phi) is 6.85. The summed E-state index contributed by atoms with van der Waals surface area (Å²) in [7, 11) is 0. The molecule has 4 nitrogen and oxygen atoms in total. The molecule has 0 radical (unpaired) electrons. The van der Waals surface area contributed by atoms with Crippen molar-refractivity contribution in [2.24, 2.45) is 5.92 Å². The zero-order chi connectivity index (χ0) is 20.2. The number of amides is 2. The molecule has 2 aromatic rings. The molecule has 0 saturated carbocycles. The normalized spacial score (nSPS) is 12.6. The first-order chi connectivity index (χ1) is 12.6. The first kappa shape index (κ1) is 21.2. The first-order valence-electron chi connectivity index (χ1n) is 8.13. The number of alkyl halides is 3. The lowest BCUT2D eigenvalue weighted by atomic mass is 10.0. The molecule has 0 aliphatic rings. The highest BCUT2D eigenvalue weighted by atomic mass is 127. The molecule has 0 aliphatic carbocycles. The summed E-state index contributed by atoms with van der Waals surface area (Å²) >= 11 is 1.84. The largest absolute Gasteiger partial charge is 0.416 e. The monoisotopic (exact) mass is 490 g/mol. The van der Waals surface area contributed by atoms with Gasteiger partial charge in [0.2, 0.25) is 5.91 Å². The molecule has 2 aromatic carbocycles. The molecule has 0 saturated heterocycles. The van der Waals surface area contributed by atoms with E-state index < -0.39 is 29.6 Å². The van der Waals surface area contributed by atoms with Crippen molar-refractivity contribution >= 4 is 40.1 Å². The summed E-state index contributed by atoms with van der Waals surface area (Å²) in [4.78, 5) is 25.0. The quantitative estimate of drug-likeness (QED) is 0.598. The zero-order valence-corrected chi connectivity index (χ0v) is 16.8. The molecule has 0 heterocycles. The molecule has 0 aliphatic heterocycles. The number of rotatable bonds is 5. The third kappa shape index (κ3) is 5.69. The van der Waals surface area contributed by atoms with Crippen LogP contribution in [0.25, 0.3) is 0 Å². The van der Waals surface area contributed by atoms with Crippen LogP contribution in [0.5, 0.6) is 0 Å². The predicted octanol–water partition coefficient (Wildman–Crippen LogP) is 4.70. The second kappa shape index (κ2) is 8.73. The fourth-order valence-electron chi connectivity index (χ4n) is 2.36. The molecule has 144 valence electrons. The van der Waals surface area contributed by atoms with E-state index in [0.29, 0.717) is 9.13 Å². The summed E-state index contributed by atoms with van der Waals surface area (Å²) in [5.74, 6) is -1.27. The molecule has 2 N–H and O–H groups in total. The van der Waals surface area contributed by atoms with Crippen LogP contribution in [0.15, 0.2) is 48.5 Å². The first-order valence-corrected chi connectivity index (χ1v) is 9.21. The minimum absolute atomic E-state index is 0.0510. The van der Waals surface area contributed by atoms with Gasteiger partial charge >= 0.3 is 6.18 Å². The van der Waals surface area contributed by atoms with Gasteiger partial charge in [-0.05, 0) is 58.8 Å². The molecular formula is C19H18F3IN2O2. The molecule has 1 unspecified atom stereocenters. The van der Waals surface area contributed by atoms with Crippen LogP contribution in [0.1, 0.15) is 29.8 Å². The standard InChI is InChI=1S/C19H18F3IN2O2/c1-11(2)16(25-17(26)12-6-4-3-5-7-12)18(27)24-15-10-13(19(20,21)22)8-9-14(15)23/h3-11,16H,1-2H3,(H,24,27)(H,25,26). The lowest BCUT2D eigenvalue weighted by Gasteiger charge is -2.22. The smallest absolute Gasteiger partial charge is 0.340 e. The maximum Gasteiger partial charge on any atom is 0.416 e. The van der Waals surface area contributed by atoms with Crippen molar-refractivity contribution in [3.63, 3.8) is 0 Å². The number of nitrogens with one attached hydrogen (secondary N) is 2. The van der Waals surface area contributed by atoms with Gasteiger partial charge in [-0.25, -0.2) is 0 Å². The average molecular weight is 490 g/mol. The van der Waals surface area contributed by atoms with E-state index in [1.54, 1.807) is 44.2 Å². The molecule has 2 rings (SSSR count). The predicted molar refractivity (Wildman–Crippen MR) is 105 cm³/mol. The van der Waals surface area contributed by atoms with E-state index in [4.69, 9.17) is 0 Å².